The van der Waals surface area contributed by atoms with Crippen LogP contribution >= 0.6 is 0 Å². The molecule has 1 aliphatic heterocycles. The molecule has 3 aromatic rings. The average Bonchev–Trinajstić information content (AvgIpc) is 3.34. The van der Waals surface area contributed by atoms with Crippen LogP contribution < -0.4 is 9.04 Å². The highest BCUT2D eigenvalue weighted by atomic mass is 32.2. The Morgan fingerprint density at radius 1 is 1.12 bits per heavy atom. The minimum atomic E-state index is -2.76. The Labute approximate surface area is 194 Å². The number of hydrogen-bond donors (Lipinski definition) is 1. The highest BCUT2D eigenvalue weighted by Gasteiger charge is 2.47. The molecule has 9 heteroatoms. The van der Waals surface area contributed by atoms with Gasteiger partial charge in [-0.25, -0.2) is 4.79 Å². The van der Waals surface area contributed by atoms with Crippen molar-refractivity contribution in [3.8, 4) is 16.9 Å². The second kappa shape index (κ2) is 9.78. The number of methoxy groups -OCH3 is 1. The summed E-state index contributed by atoms with van der Waals surface area (Å²) < 4.78 is 36.2. The summed E-state index contributed by atoms with van der Waals surface area (Å²) in [5.74, 6) is 0.380. The van der Waals surface area contributed by atoms with Gasteiger partial charge in [0.15, 0.2) is 5.54 Å². The predicted octanol–water partition coefficient (Wildman–Crippen LogP) is 3.68. The van der Waals surface area contributed by atoms with Crippen LogP contribution in [0.1, 0.15) is 18.6 Å². The minimum Gasteiger partial charge on any atom is -0.755 e. The molecule has 0 saturated carbocycles. The molecule has 1 fully saturated rings. The third-order valence-electron chi connectivity index (χ3n) is 6.10. The van der Waals surface area contributed by atoms with Crippen molar-refractivity contribution in [3.05, 3.63) is 72.7 Å². The Bertz CT molecular complexity index is 1090. The van der Waals surface area contributed by atoms with Crippen molar-refractivity contribution in [2.75, 3.05) is 24.5 Å². The fourth-order valence-corrected chi connectivity index (χ4v) is 5.10. The molecule has 1 unspecified atom stereocenters. The average molecular weight is 470 g/mol. The summed E-state index contributed by atoms with van der Waals surface area (Å²) in [6, 6.07) is 18.1. The van der Waals surface area contributed by atoms with Gasteiger partial charge in [-0.1, -0.05) is 24.3 Å². The van der Waals surface area contributed by atoms with Crippen LogP contribution in [0.15, 0.2) is 71.3 Å². The fraction of sp³-hybridized carbons (Fsp3) is 0.292. The number of likely N-dealkylation sites (tertiary alicyclic amines) is 1. The van der Waals surface area contributed by atoms with E-state index in [-0.39, 0.29) is 12.8 Å². The molecule has 0 amide bonds. The van der Waals surface area contributed by atoms with Crippen molar-refractivity contribution >= 4 is 22.9 Å². The Kier molecular flexibility index (Phi) is 6.83. The van der Waals surface area contributed by atoms with E-state index in [1.807, 2.05) is 30.3 Å². The van der Waals surface area contributed by atoms with Gasteiger partial charge >= 0.3 is 5.97 Å². The van der Waals surface area contributed by atoms with E-state index in [4.69, 9.17) is 9.15 Å². The molecular weight excluding hydrogens is 444 g/mol. The van der Waals surface area contributed by atoms with Crippen molar-refractivity contribution < 1.29 is 27.8 Å². The van der Waals surface area contributed by atoms with Gasteiger partial charge in [-0.3, -0.25) is 13.4 Å². The van der Waals surface area contributed by atoms with Crippen LogP contribution in [0.3, 0.4) is 0 Å². The summed E-state index contributed by atoms with van der Waals surface area (Å²) in [6.45, 7) is 1.43. The van der Waals surface area contributed by atoms with Crippen LogP contribution in [0.4, 0.5) is 5.69 Å². The van der Waals surface area contributed by atoms with Gasteiger partial charge in [-0.15, -0.1) is 0 Å². The van der Waals surface area contributed by atoms with E-state index < -0.39 is 22.8 Å². The number of carbonyl (C=O) groups is 1. The van der Waals surface area contributed by atoms with Crippen molar-refractivity contribution in [2.24, 2.45) is 0 Å². The van der Waals surface area contributed by atoms with Crippen molar-refractivity contribution in [1.29, 1.82) is 0 Å². The number of benzene rings is 2. The standard InChI is InChI=1S/C24H26N2O6S/c1-31-21-10-6-19(7-11-21)18-4-8-20(9-5-18)26(33(29)30)24(23(27)28)12-14-25(15-13-24)17-22-3-2-16-32-22/h2-11,16H,12-15,17H2,1H3,(H,27,28)(H,29,30)/p-1. The SMILES string of the molecule is COc1ccc(-c2ccc(N(S(=O)[O-])C3(C(=O)O)CCN(Cc4ccco4)CC3)cc2)cc1. The molecular formula is C24H25N2O6S-. The molecule has 33 heavy (non-hydrogen) atoms. The number of anilines is 1. The van der Waals surface area contributed by atoms with E-state index in [0.717, 1.165) is 26.9 Å². The summed E-state index contributed by atoms with van der Waals surface area (Å²) in [7, 11) is 1.60. The second-order valence-electron chi connectivity index (χ2n) is 7.98. The van der Waals surface area contributed by atoms with Crippen LogP contribution in [0.25, 0.3) is 11.1 Å². The first-order valence-corrected chi connectivity index (χ1v) is 11.6. The number of rotatable bonds is 8. The molecule has 4 rings (SSSR count). The molecule has 0 aliphatic carbocycles. The maximum absolute atomic E-state index is 12.4. The maximum atomic E-state index is 12.4. The lowest BCUT2D eigenvalue weighted by molar-refractivity contribution is -0.144. The molecule has 0 spiro atoms. The number of piperidine rings is 1. The van der Waals surface area contributed by atoms with E-state index in [1.165, 1.54) is 0 Å². The molecule has 8 nitrogen and oxygen atoms in total. The summed E-state index contributed by atoms with van der Waals surface area (Å²) in [4.78, 5) is 14.5. The molecule has 0 bridgehead atoms. The third-order valence-corrected chi connectivity index (χ3v) is 6.96. The van der Waals surface area contributed by atoms with Crippen LogP contribution in [-0.4, -0.2) is 50.5 Å². The van der Waals surface area contributed by atoms with E-state index >= 15 is 0 Å². The number of hydrogen-bond acceptors (Lipinski definition) is 6. The quantitative estimate of drug-likeness (QED) is 0.502. The molecule has 1 N–H and O–H groups in total. The van der Waals surface area contributed by atoms with Crippen molar-refractivity contribution in [3.63, 3.8) is 0 Å². The van der Waals surface area contributed by atoms with Gasteiger partial charge < -0.3 is 18.8 Å². The maximum Gasteiger partial charge on any atom is 0.330 e. The van der Waals surface area contributed by atoms with E-state index in [2.05, 4.69) is 4.90 Å². The summed E-state index contributed by atoms with van der Waals surface area (Å²) in [5.41, 5.74) is 0.600. The molecule has 1 aliphatic rings. The number of furan rings is 1. The lowest BCUT2D eigenvalue weighted by atomic mass is 9.86. The molecule has 1 aromatic heterocycles. The van der Waals surface area contributed by atoms with E-state index in [1.54, 1.807) is 43.7 Å². The molecule has 2 aromatic carbocycles. The van der Waals surface area contributed by atoms with Crippen molar-refractivity contribution in [2.45, 2.75) is 24.9 Å². The lowest BCUT2D eigenvalue weighted by Crippen LogP contribution is -2.60. The van der Waals surface area contributed by atoms with Crippen molar-refractivity contribution in [1.82, 2.24) is 4.90 Å². The molecule has 2 heterocycles. The zero-order valence-electron chi connectivity index (χ0n) is 18.2. The Hall–Kier alpha value is -3.14. The highest BCUT2D eigenvalue weighted by Crippen LogP contribution is 2.36. The first-order valence-electron chi connectivity index (χ1n) is 10.6. The van der Waals surface area contributed by atoms with Crippen LogP contribution in [0.5, 0.6) is 5.75 Å². The molecule has 174 valence electrons. The normalized spacial score (nSPS) is 16.8. The van der Waals surface area contributed by atoms with Crippen LogP contribution in [0, 0.1) is 0 Å². The van der Waals surface area contributed by atoms with Gasteiger partial charge in [0.05, 0.1) is 19.9 Å². The van der Waals surface area contributed by atoms with Gasteiger partial charge in [-0.2, -0.15) is 0 Å². The smallest absolute Gasteiger partial charge is 0.330 e. The first kappa shape index (κ1) is 23.0. The van der Waals surface area contributed by atoms with Gasteiger partial charge in [0.2, 0.25) is 0 Å². The molecule has 0 radical (unpaired) electrons. The number of aliphatic carboxylic acids is 1. The lowest BCUT2D eigenvalue weighted by Gasteiger charge is -2.47. The monoisotopic (exact) mass is 469 g/mol. The molecule has 1 atom stereocenters. The zero-order chi connectivity index (χ0) is 23.4. The minimum absolute atomic E-state index is 0.164. The number of ether oxygens (including phenoxy) is 1. The topological polar surface area (TPSA) is 106 Å². The largest absolute Gasteiger partial charge is 0.755 e. The highest BCUT2D eigenvalue weighted by molar-refractivity contribution is 7.80. The molecule has 1 saturated heterocycles. The fourth-order valence-electron chi connectivity index (χ4n) is 4.26. The summed E-state index contributed by atoms with van der Waals surface area (Å²) >= 11 is -2.76. The van der Waals surface area contributed by atoms with E-state index in [9.17, 15) is 18.7 Å². The Morgan fingerprint density at radius 3 is 2.21 bits per heavy atom. The first-order chi connectivity index (χ1) is 15.9. The second-order valence-corrected chi connectivity index (χ2v) is 8.78. The van der Waals surface area contributed by atoms with Gasteiger partial charge in [0, 0.05) is 30.0 Å². The van der Waals surface area contributed by atoms with Gasteiger partial charge in [0.25, 0.3) is 0 Å². The number of nitrogens with zero attached hydrogens (tertiary/aromatic N) is 2. The number of carboxylic acids is 1. The van der Waals surface area contributed by atoms with Gasteiger partial charge in [-0.05, 0) is 60.4 Å². The Morgan fingerprint density at radius 2 is 1.73 bits per heavy atom. The Balaban J connectivity index is 1.56. The zero-order valence-corrected chi connectivity index (χ0v) is 19.0. The van der Waals surface area contributed by atoms with Crippen LogP contribution in [-0.2, 0) is 22.6 Å². The van der Waals surface area contributed by atoms with Gasteiger partial charge in [0.1, 0.15) is 11.5 Å². The van der Waals surface area contributed by atoms with E-state index in [0.29, 0.717) is 25.3 Å². The summed E-state index contributed by atoms with van der Waals surface area (Å²) in [6.07, 6.45) is 1.92. The van der Waals surface area contributed by atoms with Crippen LogP contribution in [0.2, 0.25) is 0 Å². The number of carboxylic acid groups (broad SMARTS) is 1. The summed E-state index contributed by atoms with van der Waals surface area (Å²) in [5, 5.41) is 10.1. The predicted molar refractivity (Wildman–Crippen MR) is 123 cm³/mol. The third kappa shape index (κ3) is 4.80.